The zero-order valence-electron chi connectivity index (χ0n) is 12.0. The number of ether oxygens (including phenoxy) is 1. The first-order chi connectivity index (χ1) is 10.4. The third kappa shape index (κ3) is 3.08. The van der Waals surface area contributed by atoms with E-state index in [0.717, 1.165) is 18.2 Å². The fraction of sp³-hybridized carbons (Fsp3) is 0.0667. The first kappa shape index (κ1) is 17.8. The Balaban J connectivity index is 0.00000192. The summed E-state index contributed by atoms with van der Waals surface area (Å²) in [5, 5.41) is 38.2. The first-order valence-corrected chi connectivity index (χ1v) is 6.21. The Morgan fingerprint density at radius 3 is 2.17 bits per heavy atom. The van der Waals surface area contributed by atoms with Gasteiger partial charge < -0.3 is 25.2 Å². The number of fused-ring (bicyclic) bond motifs is 1. The van der Waals surface area contributed by atoms with E-state index in [-0.39, 0.29) is 79.8 Å². The quantitative estimate of drug-likeness (QED) is 0.364. The number of hydrogen-bond donors (Lipinski definition) is 4. The molecule has 0 aromatic heterocycles. The van der Waals surface area contributed by atoms with Gasteiger partial charge >= 0.3 is 51.4 Å². The Bertz CT molecular complexity index is 816. The van der Waals surface area contributed by atoms with Gasteiger partial charge in [0.1, 0.15) is 34.3 Å². The average molecular weight is 341 g/mol. The van der Waals surface area contributed by atoms with E-state index in [4.69, 9.17) is 4.74 Å². The molecule has 0 spiro atoms. The third-order valence-electron chi connectivity index (χ3n) is 3.30. The van der Waals surface area contributed by atoms with Crippen molar-refractivity contribution in [3.05, 3.63) is 41.5 Å². The molecule has 3 rings (SSSR count). The van der Waals surface area contributed by atoms with Crippen LogP contribution in [0.2, 0.25) is 0 Å². The molecule has 0 saturated carbocycles. The molecule has 0 saturated heterocycles. The van der Waals surface area contributed by atoms with Gasteiger partial charge in [0.2, 0.25) is 11.6 Å². The van der Waals surface area contributed by atoms with Crippen molar-refractivity contribution in [1.82, 2.24) is 0 Å². The molecule has 1 aliphatic heterocycles. The van der Waals surface area contributed by atoms with Crippen molar-refractivity contribution in [3.8, 4) is 28.7 Å². The molecule has 0 fully saturated rings. The molecule has 0 aliphatic carbocycles. The van der Waals surface area contributed by atoms with Crippen LogP contribution >= 0.6 is 0 Å². The Morgan fingerprint density at radius 2 is 1.52 bits per heavy atom. The molecule has 112 valence electrons. The molecule has 2 aromatic rings. The van der Waals surface area contributed by atoms with Crippen LogP contribution in [-0.2, 0) is 4.79 Å². The van der Waals surface area contributed by atoms with E-state index in [2.05, 4.69) is 0 Å². The second-order valence-corrected chi connectivity index (χ2v) is 4.77. The molecule has 2 aromatic carbocycles. The number of phenols is 4. The minimum atomic E-state index is -1.43. The molecule has 4 N–H and O–H groups in total. The molecule has 0 radical (unpaired) electrons. The molecule has 0 bridgehead atoms. The Morgan fingerprint density at radius 1 is 0.870 bits per heavy atom. The van der Waals surface area contributed by atoms with Crippen LogP contribution in [-0.4, -0.2) is 32.0 Å². The summed E-state index contributed by atoms with van der Waals surface area (Å²) in [5.41, 5.74) is -0.345. The summed E-state index contributed by atoms with van der Waals surface area (Å²) in [4.78, 5) is 24.2. The molecular weight excluding hydrogens is 331 g/mol. The predicted octanol–water partition coefficient (Wildman–Crippen LogP) is -1.60. The minimum Gasteiger partial charge on any atom is -0.508 e. The standard InChI is InChI=1S/C15H10O7.K/c16-6-1-2-8(9(18)3-6)15-14(21)13(20)12-10(19)4-7(17)5-11(12)22-15;/h1-5,15-19H;/q;+1. The maximum atomic E-state index is 12.1. The van der Waals surface area contributed by atoms with Gasteiger partial charge in [-0.25, -0.2) is 0 Å². The first-order valence-electron chi connectivity index (χ1n) is 6.21. The molecule has 1 unspecified atom stereocenters. The third-order valence-corrected chi connectivity index (χ3v) is 3.30. The van der Waals surface area contributed by atoms with Gasteiger partial charge in [-0.3, -0.25) is 9.59 Å². The molecular formula is C15H10KO7+. The van der Waals surface area contributed by atoms with Crippen molar-refractivity contribution >= 4 is 11.6 Å². The van der Waals surface area contributed by atoms with Crippen molar-refractivity contribution in [2.24, 2.45) is 0 Å². The second-order valence-electron chi connectivity index (χ2n) is 4.77. The maximum absolute atomic E-state index is 12.1. The molecule has 1 heterocycles. The average Bonchev–Trinajstić information content (AvgIpc) is 2.42. The summed E-state index contributed by atoms with van der Waals surface area (Å²) in [6.45, 7) is 0. The van der Waals surface area contributed by atoms with Gasteiger partial charge in [0, 0.05) is 23.8 Å². The van der Waals surface area contributed by atoms with Gasteiger partial charge in [0.25, 0.3) is 0 Å². The van der Waals surface area contributed by atoms with Crippen LogP contribution in [0.4, 0.5) is 0 Å². The number of hydrogen-bond acceptors (Lipinski definition) is 7. The molecule has 1 atom stereocenters. The number of carbonyl (C=O) groups is 2. The number of Topliss-reactive ketones (excluding diaryl/α,β-unsaturated/α-hetero) is 2. The van der Waals surface area contributed by atoms with Gasteiger partial charge in [-0.2, -0.15) is 0 Å². The van der Waals surface area contributed by atoms with Gasteiger partial charge in [-0.15, -0.1) is 0 Å². The molecule has 1 aliphatic rings. The van der Waals surface area contributed by atoms with E-state index in [1.54, 1.807) is 0 Å². The predicted molar refractivity (Wildman–Crippen MR) is 72.2 cm³/mol. The largest absolute Gasteiger partial charge is 1.00 e. The number of rotatable bonds is 1. The fourth-order valence-corrected chi connectivity index (χ4v) is 2.29. The maximum Gasteiger partial charge on any atom is 1.00 e. The summed E-state index contributed by atoms with van der Waals surface area (Å²) < 4.78 is 5.35. The van der Waals surface area contributed by atoms with Gasteiger partial charge in [0.15, 0.2) is 6.10 Å². The summed E-state index contributed by atoms with van der Waals surface area (Å²) in [5.74, 6) is -3.68. The number of ketones is 2. The van der Waals surface area contributed by atoms with Crippen molar-refractivity contribution in [2.75, 3.05) is 0 Å². The van der Waals surface area contributed by atoms with Crippen LogP contribution in [0.1, 0.15) is 22.0 Å². The summed E-state index contributed by atoms with van der Waals surface area (Å²) in [7, 11) is 0. The summed E-state index contributed by atoms with van der Waals surface area (Å²) in [6.07, 6.45) is -1.43. The number of carbonyl (C=O) groups excluding carboxylic acids is 2. The van der Waals surface area contributed by atoms with E-state index < -0.39 is 29.2 Å². The van der Waals surface area contributed by atoms with E-state index in [9.17, 15) is 30.0 Å². The Labute approximate surface area is 172 Å². The van der Waals surface area contributed by atoms with Crippen molar-refractivity contribution in [3.63, 3.8) is 0 Å². The Hall–Kier alpha value is -1.58. The van der Waals surface area contributed by atoms with Crippen LogP contribution in [0, 0.1) is 0 Å². The van der Waals surface area contributed by atoms with E-state index in [1.165, 1.54) is 12.1 Å². The van der Waals surface area contributed by atoms with E-state index in [1.807, 2.05) is 0 Å². The van der Waals surface area contributed by atoms with Crippen LogP contribution in [0.3, 0.4) is 0 Å². The number of aromatic hydroxyl groups is 4. The minimum absolute atomic E-state index is 0. The summed E-state index contributed by atoms with van der Waals surface area (Å²) in [6, 6.07) is 5.49. The zero-order valence-corrected chi connectivity index (χ0v) is 15.1. The number of benzene rings is 2. The smallest absolute Gasteiger partial charge is 0.508 e. The van der Waals surface area contributed by atoms with Crippen LogP contribution in [0.5, 0.6) is 28.7 Å². The fourth-order valence-electron chi connectivity index (χ4n) is 2.29. The monoisotopic (exact) mass is 341 g/mol. The second kappa shape index (κ2) is 6.50. The van der Waals surface area contributed by atoms with E-state index >= 15 is 0 Å². The molecule has 0 amide bonds. The molecule has 23 heavy (non-hydrogen) atoms. The molecule has 8 heteroatoms. The van der Waals surface area contributed by atoms with Gasteiger partial charge in [0.05, 0.1) is 0 Å². The molecule has 7 nitrogen and oxygen atoms in total. The number of phenolic OH excluding ortho intramolecular Hbond substituents is 4. The van der Waals surface area contributed by atoms with Crippen LogP contribution < -0.4 is 56.1 Å². The SMILES string of the molecule is O=C1C(=O)C(c2ccc(O)cc2O)Oc2cc(O)cc(O)c21.[K+]. The topological polar surface area (TPSA) is 124 Å². The van der Waals surface area contributed by atoms with Crippen molar-refractivity contribution in [2.45, 2.75) is 6.10 Å². The van der Waals surface area contributed by atoms with Crippen molar-refractivity contribution < 1.29 is 86.1 Å². The van der Waals surface area contributed by atoms with Gasteiger partial charge in [-0.05, 0) is 12.1 Å². The van der Waals surface area contributed by atoms with E-state index in [0.29, 0.717) is 0 Å². The normalized spacial score (nSPS) is 16.3. The Kier molecular flexibility index (Phi) is 5.02. The van der Waals surface area contributed by atoms with Crippen molar-refractivity contribution in [1.29, 1.82) is 0 Å². The zero-order chi connectivity index (χ0) is 16.0. The van der Waals surface area contributed by atoms with Crippen LogP contribution in [0.25, 0.3) is 0 Å². The summed E-state index contributed by atoms with van der Waals surface area (Å²) >= 11 is 0. The van der Waals surface area contributed by atoms with Gasteiger partial charge in [-0.1, -0.05) is 0 Å². The van der Waals surface area contributed by atoms with Crippen LogP contribution in [0.15, 0.2) is 30.3 Å².